The minimum Gasteiger partial charge on any atom is -0.464 e. The third-order valence-electron chi connectivity index (χ3n) is 4.69. The number of carbonyl (C=O) groups excluding carboxylic acids is 1. The molecule has 4 atom stereocenters. The Balaban J connectivity index is 2.18. The number of fused-ring (bicyclic) bond motifs is 5. The molecule has 2 saturated heterocycles. The Morgan fingerprint density at radius 2 is 2.07 bits per heavy atom. The molecule has 0 radical (unpaired) electrons. The van der Waals surface area contributed by atoms with Crippen molar-refractivity contribution in [2.24, 2.45) is 10.8 Å². The second-order valence-electron chi connectivity index (χ2n) is 4.77. The molecule has 15 heavy (non-hydrogen) atoms. The van der Waals surface area contributed by atoms with Gasteiger partial charge in [0.15, 0.2) is 0 Å². The van der Waals surface area contributed by atoms with Crippen molar-refractivity contribution in [1.29, 1.82) is 0 Å². The van der Waals surface area contributed by atoms with Gasteiger partial charge < -0.3 is 9.47 Å². The van der Waals surface area contributed by atoms with Gasteiger partial charge in [-0.2, -0.15) is 0 Å². The van der Waals surface area contributed by atoms with E-state index < -0.39 is 5.41 Å². The Labute approximate surface area is 89.4 Å². The summed E-state index contributed by atoms with van der Waals surface area (Å²) in [6.07, 6.45) is 5.92. The molecule has 3 aliphatic rings. The molecule has 82 valence electrons. The summed E-state index contributed by atoms with van der Waals surface area (Å²) in [5.41, 5.74) is -0.501. The van der Waals surface area contributed by atoms with Gasteiger partial charge in [0.1, 0.15) is 12.0 Å². The second-order valence-corrected chi connectivity index (χ2v) is 4.77. The topological polar surface area (TPSA) is 35.5 Å². The van der Waals surface area contributed by atoms with E-state index in [4.69, 9.17) is 9.47 Å². The van der Waals surface area contributed by atoms with Crippen molar-refractivity contribution >= 4 is 5.97 Å². The van der Waals surface area contributed by atoms with E-state index in [2.05, 4.69) is 19.9 Å². The highest BCUT2D eigenvalue weighted by Crippen LogP contribution is 2.64. The number of hydrogen-bond acceptors (Lipinski definition) is 3. The molecule has 3 heteroatoms. The van der Waals surface area contributed by atoms with Crippen molar-refractivity contribution in [2.75, 3.05) is 6.61 Å². The normalized spacial score (nSPS) is 50.9. The van der Waals surface area contributed by atoms with E-state index in [1.54, 1.807) is 0 Å². The van der Waals surface area contributed by atoms with Crippen LogP contribution in [0.25, 0.3) is 0 Å². The van der Waals surface area contributed by atoms with Crippen molar-refractivity contribution in [3.05, 3.63) is 12.2 Å². The third kappa shape index (κ3) is 0.739. The second kappa shape index (κ2) is 2.64. The minimum atomic E-state index is -0.402. The van der Waals surface area contributed by atoms with Crippen LogP contribution in [0.5, 0.6) is 0 Å². The lowest BCUT2D eigenvalue weighted by Gasteiger charge is -2.38. The fourth-order valence-electron chi connectivity index (χ4n) is 3.75. The van der Waals surface area contributed by atoms with Gasteiger partial charge in [0, 0.05) is 0 Å². The maximum Gasteiger partial charge on any atom is 0.315 e. The van der Waals surface area contributed by atoms with Gasteiger partial charge in [0.25, 0.3) is 0 Å². The lowest BCUT2D eigenvalue weighted by Crippen LogP contribution is -2.48. The van der Waals surface area contributed by atoms with E-state index in [0.717, 1.165) is 12.8 Å². The Morgan fingerprint density at radius 1 is 1.33 bits per heavy atom. The molecule has 0 spiro atoms. The van der Waals surface area contributed by atoms with E-state index in [-0.39, 0.29) is 23.6 Å². The SMILES string of the molecule is CCC12COC(=O)C1(CC)C1C=CC2O1. The van der Waals surface area contributed by atoms with Gasteiger partial charge in [0.05, 0.1) is 17.6 Å². The highest BCUT2D eigenvalue weighted by Gasteiger charge is 2.73. The van der Waals surface area contributed by atoms with Crippen LogP contribution >= 0.6 is 0 Å². The number of carbonyl (C=O) groups is 1. The van der Waals surface area contributed by atoms with Crippen LogP contribution in [0.2, 0.25) is 0 Å². The molecule has 0 aromatic heterocycles. The van der Waals surface area contributed by atoms with Crippen molar-refractivity contribution < 1.29 is 14.3 Å². The zero-order valence-corrected chi connectivity index (χ0v) is 9.16. The first kappa shape index (κ1) is 9.40. The summed E-state index contributed by atoms with van der Waals surface area (Å²) in [4.78, 5) is 12.0. The average Bonchev–Trinajstić information content (AvgIpc) is 2.89. The molecule has 0 aromatic rings. The highest BCUT2D eigenvalue weighted by atomic mass is 16.6. The van der Waals surface area contributed by atoms with Crippen LogP contribution in [-0.4, -0.2) is 24.8 Å². The van der Waals surface area contributed by atoms with Crippen LogP contribution in [-0.2, 0) is 14.3 Å². The van der Waals surface area contributed by atoms with Gasteiger partial charge in [-0.05, 0) is 12.8 Å². The predicted molar refractivity (Wildman–Crippen MR) is 54.2 cm³/mol. The van der Waals surface area contributed by atoms with E-state index in [9.17, 15) is 4.79 Å². The van der Waals surface area contributed by atoms with Crippen molar-refractivity contribution in [2.45, 2.75) is 38.9 Å². The van der Waals surface area contributed by atoms with Gasteiger partial charge in [0.2, 0.25) is 0 Å². The Kier molecular flexibility index (Phi) is 1.66. The first-order chi connectivity index (χ1) is 7.21. The fraction of sp³-hybridized carbons (Fsp3) is 0.750. The first-order valence-electron chi connectivity index (χ1n) is 5.72. The molecule has 4 unspecified atom stereocenters. The molecule has 3 heterocycles. The van der Waals surface area contributed by atoms with Gasteiger partial charge in [-0.15, -0.1) is 0 Å². The van der Waals surface area contributed by atoms with Crippen molar-refractivity contribution in [3.63, 3.8) is 0 Å². The summed E-state index contributed by atoms with van der Waals surface area (Å²) in [5, 5.41) is 0. The number of ether oxygens (including phenoxy) is 2. The van der Waals surface area contributed by atoms with Crippen LogP contribution in [0.1, 0.15) is 26.7 Å². The molecular weight excluding hydrogens is 192 g/mol. The minimum absolute atomic E-state index is 0.0521. The molecule has 0 saturated carbocycles. The van der Waals surface area contributed by atoms with Gasteiger partial charge >= 0.3 is 5.97 Å². The highest BCUT2D eigenvalue weighted by molar-refractivity contribution is 5.83. The van der Waals surface area contributed by atoms with E-state index in [0.29, 0.717) is 6.61 Å². The Morgan fingerprint density at radius 3 is 2.67 bits per heavy atom. The molecule has 3 rings (SSSR count). The maximum atomic E-state index is 12.0. The van der Waals surface area contributed by atoms with E-state index in [1.165, 1.54) is 0 Å². The molecule has 0 amide bonds. The summed E-state index contributed by atoms with van der Waals surface area (Å²) in [7, 11) is 0. The van der Waals surface area contributed by atoms with Gasteiger partial charge in [-0.25, -0.2) is 0 Å². The maximum absolute atomic E-state index is 12.0. The molecule has 2 bridgehead atoms. The first-order valence-corrected chi connectivity index (χ1v) is 5.72. The van der Waals surface area contributed by atoms with E-state index >= 15 is 0 Å². The molecule has 2 fully saturated rings. The zero-order valence-electron chi connectivity index (χ0n) is 9.16. The summed E-state index contributed by atoms with van der Waals surface area (Å²) >= 11 is 0. The van der Waals surface area contributed by atoms with Crippen LogP contribution in [0, 0.1) is 10.8 Å². The lowest BCUT2D eigenvalue weighted by molar-refractivity contribution is -0.149. The molecule has 0 N–H and O–H groups in total. The van der Waals surface area contributed by atoms with E-state index in [1.807, 2.05) is 6.08 Å². The standard InChI is InChI=1S/C12H16O3/c1-3-11-7-14-10(13)12(11,4-2)9-6-5-8(11)15-9/h5-6,8-9H,3-4,7H2,1-2H3. The quantitative estimate of drug-likeness (QED) is 0.511. The van der Waals surface area contributed by atoms with Crippen molar-refractivity contribution in [3.8, 4) is 0 Å². The number of esters is 1. The van der Waals surface area contributed by atoms with Crippen LogP contribution in [0.15, 0.2) is 12.2 Å². The largest absolute Gasteiger partial charge is 0.464 e. The van der Waals surface area contributed by atoms with Gasteiger partial charge in [-0.1, -0.05) is 26.0 Å². The number of hydrogen-bond donors (Lipinski definition) is 0. The number of rotatable bonds is 2. The molecular formula is C12H16O3. The van der Waals surface area contributed by atoms with Gasteiger partial charge in [-0.3, -0.25) is 4.79 Å². The average molecular weight is 208 g/mol. The lowest BCUT2D eigenvalue weighted by atomic mass is 9.57. The van der Waals surface area contributed by atoms with Crippen molar-refractivity contribution in [1.82, 2.24) is 0 Å². The molecule has 0 aliphatic carbocycles. The molecule has 0 aromatic carbocycles. The Hall–Kier alpha value is -0.830. The molecule has 3 nitrogen and oxygen atoms in total. The summed E-state index contributed by atoms with van der Waals surface area (Å²) in [6.45, 7) is 4.72. The van der Waals surface area contributed by atoms with Crippen LogP contribution < -0.4 is 0 Å². The zero-order chi connectivity index (χ0) is 10.7. The van der Waals surface area contributed by atoms with Crippen LogP contribution in [0.3, 0.4) is 0 Å². The summed E-state index contributed by atoms with van der Waals surface area (Å²) in [5.74, 6) is -0.0521. The monoisotopic (exact) mass is 208 g/mol. The summed E-state index contributed by atoms with van der Waals surface area (Å²) < 4.78 is 11.2. The number of cyclic esters (lactones) is 1. The fourth-order valence-corrected chi connectivity index (χ4v) is 3.75. The van der Waals surface area contributed by atoms with Crippen LogP contribution in [0.4, 0.5) is 0 Å². The predicted octanol–water partition coefficient (Wildman–Crippen LogP) is 1.67. The third-order valence-corrected chi connectivity index (χ3v) is 4.69. The smallest absolute Gasteiger partial charge is 0.315 e. The molecule has 3 aliphatic heterocycles. The Bertz CT molecular complexity index is 349. The summed E-state index contributed by atoms with van der Waals surface area (Å²) in [6, 6.07) is 0.